The molecule has 1 aliphatic rings. The zero-order chi connectivity index (χ0) is 16.2. The van der Waals surface area contributed by atoms with E-state index >= 15 is 0 Å². The van der Waals surface area contributed by atoms with E-state index in [1.807, 2.05) is 26.0 Å². The van der Waals surface area contributed by atoms with E-state index in [-0.39, 0.29) is 18.7 Å². The molecule has 5 heteroatoms. The van der Waals surface area contributed by atoms with Crippen molar-refractivity contribution in [3.63, 3.8) is 0 Å². The van der Waals surface area contributed by atoms with Crippen LogP contribution in [0.3, 0.4) is 0 Å². The van der Waals surface area contributed by atoms with Crippen molar-refractivity contribution in [2.45, 2.75) is 68.2 Å². The third kappa shape index (κ3) is 3.89. The number of aliphatic hydroxyl groups excluding tert-OH is 1. The maximum atomic E-state index is 13.0. The Labute approximate surface area is 133 Å². The number of benzene rings is 1. The maximum Gasteiger partial charge on any atom is 0.182 e. The maximum absolute atomic E-state index is 13.0. The van der Waals surface area contributed by atoms with Crippen LogP contribution in [0.25, 0.3) is 0 Å². The van der Waals surface area contributed by atoms with Gasteiger partial charge >= 0.3 is 0 Å². The fourth-order valence-electron chi connectivity index (χ4n) is 3.16. The van der Waals surface area contributed by atoms with E-state index in [1.54, 1.807) is 12.1 Å². The Morgan fingerprint density at radius 1 is 1.23 bits per heavy atom. The van der Waals surface area contributed by atoms with E-state index in [1.165, 1.54) is 0 Å². The van der Waals surface area contributed by atoms with Crippen LogP contribution in [0.4, 0.5) is 0 Å². The molecule has 4 nitrogen and oxygen atoms in total. The molecule has 1 saturated carbocycles. The molecule has 124 valence electrons. The van der Waals surface area contributed by atoms with Gasteiger partial charge in [0.05, 0.1) is 16.8 Å². The second kappa shape index (κ2) is 7.57. The molecule has 0 radical (unpaired) electrons. The van der Waals surface area contributed by atoms with Gasteiger partial charge in [0, 0.05) is 12.1 Å². The van der Waals surface area contributed by atoms with Crippen molar-refractivity contribution in [3.05, 3.63) is 29.8 Å². The minimum Gasteiger partial charge on any atom is -0.395 e. The van der Waals surface area contributed by atoms with Crippen LogP contribution in [0.2, 0.25) is 0 Å². The Morgan fingerprint density at radius 2 is 1.86 bits per heavy atom. The Kier molecular flexibility index (Phi) is 6.01. The van der Waals surface area contributed by atoms with E-state index in [0.717, 1.165) is 31.2 Å². The summed E-state index contributed by atoms with van der Waals surface area (Å²) in [5, 5.41) is 12.3. The summed E-state index contributed by atoms with van der Waals surface area (Å²) < 4.78 is 25.9. The lowest BCUT2D eigenvalue weighted by Crippen LogP contribution is -2.50. The summed E-state index contributed by atoms with van der Waals surface area (Å²) in [6.45, 7) is 4.00. The molecule has 2 N–H and O–H groups in total. The first-order valence-corrected chi connectivity index (χ1v) is 9.71. The van der Waals surface area contributed by atoms with Gasteiger partial charge in [-0.1, -0.05) is 37.5 Å². The molecule has 0 bridgehead atoms. The van der Waals surface area contributed by atoms with Gasteiger partial charge in [-0.3, -0.25) is 0 Å². The molecular weight excluding hydrogens is 298 g/mol. The lowest BCUT2D eigenvalue weighted by atomic mass is 9.94. The zero-order valence-corrected chi connectivity index (χ0v) is 14.3. The number of nitrogens with one attached hydrogen (secondary N) is 1. The normalized spacial score (nSPS) is 24.1. The Morgan fingerprint density at radius 3 is 2.45 bits per heavy atom. The summed E-state index contributed by atoms with van der Waals surface area (Å²) in [6, 6.07) is 7.01. The minimum absolute atomic E-state index is 0.0289. The summed E-state index contributed by atoms with van der Waals surface area (Å²) in [4.78, 5) is 0.411. The standard InChI is InChI=1S/C17H27NO3S/c1-3-14(12-19)18-16-6-4-5-7-17(16)22(20,21)15-10-8-13(2)9-11-15/h8-11,14,16-19H,3-7,12H2,1-2H3/t14-,16?,17?/m1/s1. The smallest absolute Gasteiger partial charge is 0.182 e. The highest BCUT2D eigenvalue weighted by atomic mass is 32.2. The van der Waals surface area contributed by atoms with E-state index < -0.39 is 15.1 Å². The molecule has 0 spiro atoms. The number of rotatable bonds is 6. The second-order valence-electron chi connectivity index (χ2n) is 6.24. The number of sulfone groups is 1. The first-order valence-electron chi connectivity index (χ1n) is 8.16. The largest absolute Gasteiger partial charge is 0.395 e. The average molecular weight is 325 g/mol. The van der Waals surface area contributed by atoms with Gasteiger partial charge in [0.2, 0.25) is 0 Å². The van der Waals surface area contributed by atoms with Crippen LogP contribution >= 0.6 is 0 Å². The first kappa shape index (κ1) is 17.4. The highest BCUT2D eigenvalue weighted by Crippen LogP contribution is 2.29. The van der Waals surface area contributed by atoms with Gasteiger partial charge in [-0.25, -0.2) is 8.42 Å². The molecule has 2 unspecified atom stereocenters. The van der Waals surface area contributed by atoms with Crippen LogP contribution < -0.4 is 5.32 Å². The predicted molar refractivity (Wildman–Crippen MR) is 88.7 cm³/mol. The lowest BCUT2D eigenvalue weighted by Gasteiger charge is -2.34. The Bertz CT molecular complexity index is 564. The van der Waals surface area contributed by atoms with Gasteiger partial charge in [-0.05, 0) is 38.3 Å². The Balaban J connectivity index is 2.23. The molecule has 2 rings (SSSR count). The van der Waals surface area contributed by atoms with Crippen LogP contribution in [0.15, 0.2) is 29.2 Å². The first-order chi connectivity index (χ1) is 10.5. The molecule has 0 aliphatic heterocycles. The summed E-state index contributed by atoms with van der Waals surface area (Å²) in [7, 11) is -3.33. The summed E-state index contributed by atoms with van der Waals surface area (Å²) in [5.41, 5.74) is 1.06. The molecule has 1 aromatic rings. The Hall–Kier alpha value is -0.910. The number of aliphatic hydroxyl groups is 1. The summed E-state index contributed by atoms with van der Waals surface area (Å²) in [6.07, 6.45) is 4.33. The highest BCUT2D eigenvalue weighted by molar-refractivity contribution is 7.92. The number of hydrogen-bond acceptors (Lipinski definition) is 4. The van der Waals surface area contributed by atoms with E-state index in [0.29, 0.717) is 11.3 Å². The molecule has 0 heterocycles. The van der Waals surface area contributed by atoms with Gasteiger partial charge < -0.3 is 10.4 Å². The molecule has 22 heavy (non-hydrogen) atoms. The third-order valence-electron chi connectivity index (χ3n) is 4.61. The van der Waals surface area contributed by atoms with Crippen molar-refractivity contribution in [3.8, 4) is 0 Å². The summed E-state index contributed by atoms with van der Waals surface area (Å²) >= 11 is 0. The monoisotopic (exact) mass is 325 g/mol. The lowest BCUT2D eigenvalue weighted by molar-refractivity contribution is 0.216. The molecule has 0 saturated heterocycles. The van der Waals surface area contributed by atoms with Crippen LogP contribution in [0.1, 0.15) is 44.6 Å². The molecule has 0 aromatic heterocycles. The minimum atomic E-state index is -3.33. The second-order valence-corrected chi connectivity index (χ2v) is 8.41. The van der Waals surface area contributed by atoms with Crippen molar-refractivity contribution in [2.75, 3.05) is 6.61 Å². The van der Waals surface area contributed by atoms with Gasteiger partial charge in [0.15, 0.2) is 9.84 Å². The molecule has 1 fully saturated rings. The van der Waals surface area contributed by atoms with Gasteiger partial charge in [0.25, 0.3) is 0 Å². The van der Waals surface area contributed by atoms with Crippen molar-refractivity contribution >= 4 is 9.84 Å². The van der Waals surface area contributed by atoms with Gasteiger partial charge in [0.1, 0.15) is 0 Å². The van der Waals surface area contributed by atoms with Crippen LogP contribution in [-0.2, 0) is 9.84 Å². The van der Waals surface area contributed by atoms with E-state index in [4.69, 9.17) is 0 Å². The van der Waals surface area contributed by atoms with Gasteiger partial charge in [-0.2, -0.15) is 0 Å². The van der Waals surface area contributed by atoms with Crippen molar-refractivity contribution in [1.29, 1.82) is 0 Å². The summed E-state index contributed by atoms with van der Waals surface area (Å²) in [5.74, 6) is 0. The number of aryl methyl sites for hydroxylation is 1. The SMILES string of the molecule is CC[C@H](CO)NC1CCCCC1S(=O)(=O)c1ccc(C)cc1. The van der Waals surface area contributed by atoms with E-state index in [2.05, 4.69) is 5.32 Å². The average Bonchev–Trinajstić information content (AvgIpc) is 2.53. The molecular formula is C17H27NO3S. The molecule has 1 aliphatic carbocycles. The fourth-order valence-corrected chi connectivity index (χ4v) is 5.15. The highest BCUT2D eigenvalue weighted by Gasteiger charge is 2.37. The topological polar surface area (TPSA) is 66.4 Å². The van der Waals surface area contributed by atoms with Crippen molar-refractivity contribution in [1.82, 2.24) is 5.32 Å². The van der Waals surface area contributed by atoms with Crippen molar-refractivity contribution in [2.24, 2.45) is 0 Å². The quantitative estimate of drug-likeness (QED) is 0.843. The fraction of sp³-hybridized carbons (Fsp3) is 0.647. The van der Waals surface area contributed by atoms with Crippen molar-refractivity contribution < 1.29 is 13.5 Å². The third-order valence-corrected chi connectivity index (χ3v) is 6.90. The molecule has 3 atom stereocenters. The molecule has 1 aromatic carbocycles. The number of hydrogen-bond donors (Lipinski definition) is 2. The van der Waals surface area contributed by atoms with Gasteiger partial charge in [-0.15, -0.1) is 0 Å². The van der Waals surface area contributed by atoms with Crippen LogP contribution in [0.5, 0.6) is 0 Å². The van der Waals surface area contributed by atoms with Crippen LogP contribution in [-0.4, -0.2) is 37.5 Å². The van der Waals surface area contributed by atoms with E-state index in [9.17, 15) is 13.5 Å². The molecule has 0 amide bonds. The van der Waals surface area contributed by atoms with Crippen LogP contribution in [0, 0.1) is 6.92 Å². The predicted octanol–water partition coefficient (Wildman–Crippen LogP) is 2.44. The zero-order valence-electron chi connectivity index (χ0n) is 13.5.